The van der Waals surface area contributed by atoms with Gasteiger partial charge in [0.2, 0.25) is 0 Å². The highest BCUT2D eigenvalue weighted by molar-refractivity contribution is 6.35. The zero-order valence-electron chi connectivity index (χ0n) is 19.9. The Hall–Kier alpha value is -4.20. The monoisotopic (exact) mass is 470 g/mol. The number of amides is 2. The normalized spacial score (nSPS) is 17.7. The molecule has 1 fully saturated rings. The van der Waals surface area contributed by atoms with E-state index in [0.717, 1.165) is 16.2 Å². The van der Waals surface area contributed by atoms with Gasteiger partial charge in [0.15, 0.2) is 0 Å². The summed E-state index contributed by atoms with van der Waals surface area (Å²) >= 11 is 0. The average Bonchev–Trinajstić information content (AvgIpc) is 3.08. The highest BCUT2D eigenvalue weighted by Gasteiger charge is 2.40. The van der Waals surface area contributed by atoms with Crippen LogP contribution in [0, 0.1) is 24.0 Å². The second kappa shape index (κ2) is 8.54. The van der Waals surface area contributed by atoms with Crippen LogP contribution in [0.4, 0.5) is 22.7 Å². The number of carbonyl (C=O) groups is 2. The molecular weight excluding hydrogens is 444 g/mol. The Morgan fingerprint density at radius 3 is 2.17 bits per heavy atom. The molecule has 0 N–H and O–H groups in total. The predicted octanol–water partition coefficient (Wildman–Crippen LogP) is 4.73. The van der Waals surface area contributed by atoms with Crippen LogP contribution < -0.4 is 14.7 Å². The van der Waals surface area contributed by atoms with Crippen molar-refractivity contribution < 1.29 is 14.5 Å². The van der Waals surface area contributed by atoms with Gasteiger partial charge in [0.05, 0.1) is 21.7 Å². The van der Waals surface area contributed by atoms with Gasteiger partial charge in [-0.2, -0.15) is 0 Å². The number of anilines is 3. The summed E-state index contributed by atoms with van der Waals surface area (Å²) in [6.07, 6.45) is 0. The standard InChI is InChI=1S/C27H26N4O4/c1-17-7-9-20(10-8-17)30-26(32)22-14-24(25(31(34)35)15-23(22)27(30)33)28-11-12-29(19(3)16-28)21-6-4-5-18(2)13-21/h4-10,13-15,19H,11-12,16H2,1-3H3/t19-/m1/s1. The topological polar surface area (TPSA) is 87.0 Å². The Labute approximate surface area is 203 Å². The average molecular weight is 471 g/mol. The Bertz CT molecular complexity index is 1350. The van der Waals surface area contributed by atoms with Crippen molar-refractivity contribution in [2.24, 2.45) is 0 Å². The molecule has 3 aromatic carbocycles. The van der Waals surface area contributed by atoms with Crippen LogP contribution in [0.5, 0.6) is 0 Å². The molecule has 0 unspecified atom stereocenters. The zero-order chi connectivity index (χ0) is 24.9. The van der Waals surface area contributed by atoms with Gasteiger partial charge in [-0.05, 0) is 56.7 Å². The van der Waals surface area contributed by atoms with Crippen LogP contribution in [0.2, 0.25) is 0 Å². The van der Waals surface area contributed by atoms with E-state index in [1.807, 2.05) is 30.0 Å². The molecule has 1 atom stereocenters. The lowest BCUT2D eigenvalue weighted by molar-refractivity contribution is -0.384. The van der Waals surface area contributed by atoms with Crippen molar-refractivity contribution in [2.45, 2.75) is 26.8 Å². The van der Waals surface area contributed by atoms with Crippen LogP contribution in [-0.4, -0.2) is 42.4 Å². The number of hydrogen-bond donors (Lipinski definition) is 0. The minimum absolute atomic E-state index is 0.0671. The predicted molar refractivity (Wildman–Crippen MR) is 136 cm³/mol. The van der Waals surface area contributed by atoms with Gasteiger partial charge in [0, 0.05) is 37.4 Å². The lowest BCUT2D eigenvalue weighted by atomic mass is 10.0. The first-order valence-corrected chi connectivity index (χ1v) is 11.6. The third-order valence-electron chi connectivity index (χ3n) is 6.77. The Morgan fingerprint density at radius 1 is 0.857 bits per heavy atom. The molecule has 0 spiro atoms. The highest BCUT2D eigenvalue weighted by atomic mass is 16.6. The van der Waals surface area contributed by atoms with Gasteiger partial charge in [-0.3, -0.25) is 19.7 Å². The molecule has 1 saturated heterocycles. The highest BCUT2D eigenvalue weighted by Crippen LogP contribution is 2.38. The van der Waals surface area contributed by atoms with Gasteiger partial charge >= 0.3 is 0 Å². The fraction of sp³-hybridized carbons (Fsp3) is 0.259. The number of nitro benzene ring substituents is 1. The largest absolute Gasteiger partial charge is 0.365 e. The van der Waals surface area contributed by atoms with Gasteiger partial charge in [-0.15, -0.1) is 0 Å². The van der Waals surface area contributed by atoms with E-state index in [1.54, 1.807) is 12.1 Å². The van der Waals surface area contributed by atoms with Crippen LogP contribution in [0.1, 0.15) is 38.8 Å². The second-order valence-electron chi connectivity index (χ2n) is 9.25. The van der Waals surface area contributed by atoms with Gasteiger partial charge in [0.25, 0.3) is 17.5 Å². The van der Waals surface area contributed by atoms with Crippen molar-refractivity contribution in [3.05, 3.63) is 93.0 Å². The molecule has 0 aromatic heterocycles. The maximum Gasteiger partial charge on any atom is 0.293 e. The quantitative estimate of drug-likeness (QED) is 0.311. The summed E-state index contributed by atoms with van der Waals surface area (Å²) in [5.74, 6) is -1.00. The molecule has 3 aromatic rings. The van der Waals surface area contributed by atoms with E-state index in [4.69, 9.17) is 0 Å². The van der Waals surface area contributed by atoms with Crippen molar-refractivity contribution >= 4 is 34.6 Å². The number of carbonyl (C=O) groups excluding carboxylic acids is 2. The molecule has 2 amide bonds. The first kappa shape index (κ1) is 22.6. The SMILES string of the molecule is Cc1ccc(N2C(=O)c3cc(N4CCN(c5cccc(C)c5)[C@H](C)C4)c([N+](=O)[O-])cc3C2=O)cc1. The summed E-state index contributed by atoms with van der Waals surface area (Å²) in [5.41, 5.74) is 4.22. The molecule has 8 heteroatoms. The molecular formula is C27H26N4O4. The molecule has 0 saturated carbocycles. The van der Waals surface area contributed by atoms with Crippen molar-refractivity contribution in [1.29, 1.82) is 0 Å². The molecule has 0 radical (unpaired) electrons. The van der Waals surface area contributed by atoms with E-state index in [1.165, 1.54) is 17.7 Å². The number of nitro groups is 1. The maximum absolute atomic E-state index is 13.3. The fourth-order valence-corrected chi connectivity index (χ4v) is 4.96. The van der Waals surface area contributed by atoms with Gasteiger partial charge < -0.3 is 9.80 Å². The minimum Gasteiger partial charge on any atom is -0.365 e. The number of hydrogen-bond acceptors (Lipinski definition) is 6. The summed E-state index contributed by atoms with van der Waals surface area (Å²) < 4.78 is 0. The number of rotatable bonds is 4. The lowest BCUT2D eigenvalue weighted by Crippen LogP contribution is -2.52. The van der Waals surface area contributed by atoms with Crippen LogP contribution >= 0.6 is 0 Å². The van der Waals surface area contributed by atoms with E-state index in [2.05, 4.69) is 36.9 Å². The number of imide groups is 1. The smallest absolute Gasteiger partial charge is 0.293 e. The Balaban J connectivity index is 1.48. The third kappa shape index (κ3) is 3.90. The lowest BCUT2D eigenvalue weighted by Gasteiger charge is -2.42. The molecule has 0 bridgehead atoms. The maximum atomic E-state index is 13.3. The first-order valence-electron chi connectivity index (χ1n) is 11.6. The summed E-state index contributed by atoms with van der Waals surface area (Å²) in [6.45, 7) is 7.85. The van der Waals surface area contributed by atoms with Gasteiger partial charge in [-0.1, -0.05) is 29.8 Å². The number of fused-ring (bicyclic) bond motifs is 1. The molecule has 0 aliphatic carbocycles. The molecule has 2 aliphatic rings. The minimum atomic E-state index is -0.541. The first-order chi connectivity index (χ1) is 16.7. The number of nitrogens with zero attached hydrogens (tertiary/aromatic N) is 4. The van der Waals surface area contributed by atoms with E-state index in [-0.39, 0.29) is 22.9 Å². The van der Waals surface area contributed by atoms with Crippen LogP contribution in [0.15, 0.2) is 60.7 Å². The van der Waals surface area contributed by atoms with Crippen LogP contribution in [0.25, 0.3) is 0 Å². The Morgan fingerprint density at radius 2 is 1.54 bits per heavy atom. The van der Waals surface area contributed by atoms with E-state index < -0.39 is 16.7 Å². The summed E-state index contributed by atoms with van der Waals surface area (Å²) in [5, 5.41) is 12.0. The number of aryl methyl sites for hydroxylation is 2. The van der Waals surface area contributed by atoms with E-state index in [0.29, 0.717) is 31.0 Å². The zero-order valence-corrected chi connectivity index (χ0v) is 19.9. The number of piperazine rings is 1. The molecule has 2 heterocycles. The molecule has 8 nitrogen and oxygen atoms in total. The van der Waals surface area contributed by atoms with Crippen molar-refractivity contribution in [1.82, 2.24) is 0 Å². The van der Waals surface area contributed by atoms with Gasteiger partial charge in [0.1, 0.15) is 5.69 Å². The molecule has 35 heavy (non-hydrogen) atoms. The van der Waals surface area contributed by atoms with Crippen molar-refractivity contribution in [3.8, 4) is 0 Å². The third-order valence-corrected chi connectivity index (χ3v) is 6.77. The van der Waals surface area contributed by atoms with Crippen LogP contribution in [-0.2, 0) is 0 Å². The van der Waals surface area contributed by atoms with E-state index in [9.17, 15) is 19.7 Å². The Kier molecular flexibility index (Phi) is 5.51. The molecule has 5 rings (SSSR count). The van der Waals surface area contributed by atoms with Gasteiger partial charge in [-0.25, -0.2) is 4.90 Å². The van der Waals surface area contributed by atoms with Crippen molar-refractivity contribution in [2.75, 3.05) is 34.3 Å². The van der Waals surface area contributed by atoms with Crippen molar-refractivity contribution in [3.63, 3.8) is 0 Å². The summed E-state index contributed by atoms with van der Waals surface area (Å²) in [6, 6.07) is 18.2. The number of benzene rings is 3. The van der Waals surface area contributed by atoms with Crippen LogP contribution in [0.3, 0.4) is 0 Å². The molecule has 2 aliphatic heterocycles. The fourth-order valence-electron chi connectivity index (χ4n) is 4.96. The summed E-state index contributed by atoms with van der Waals surface area (Å²) in [7, 11) is 0. The summed E-state index contributed by atoms with van der Waals surface area (Å²) in [4.78, 5) is 43.2. The molecule has 178 valence electrons. The second-order valence-corrected chi connectivity index (χ2v) is 9.25. The van der Waals surface area contributed by atoms with E-state index >= 15 is 0 Å².